The van der Waals surface area contributed by atoms with Crippen LogP contribution in [-0.4, -0.2) is 28.9 Å². The molecule has 0 unspecified atom stereocenters. The summed E-state index contributed by atoms with van der Waals surface area (Å²) in [6.07, 6.45) is 1.89. The van der Waals surface area contributed by atoms with Gasteiger partial charge < -0.3 is 9.32 Å². The maximum Gasteiger partial charge on any atom is 0.349 e. The second-order valence-electron chi connectivity index (χ2n) is 7.10. The standard InChI is InChI=1S/C22H18N2O3S/c25-21(16-12-14-6-1-3-9-18(14)27-22(16)26)24-11-5-7-15(13-24)20-23-17-8-2-4-10-19(17)28-20/h1-4,6,8-10,12,15H,5,7,11,13H2/t15-/m0/s1. The molecule has 5 rings (SSSR count). The fourth-order valence-electron chi connectivity index (χ4n) is 3.81. The van der Waals surface area contributed by atoms with Crippen molar-refractivity contribution in [3.63, 3.8) is 0 Å². The van der Waals surface area contributed by atoms with Crippen LogP contribution in [0.15, 0.2) is 63.8 Å². The molecule has 1 saturated heterocycles. The van der Waals surface area contributed by atoms with Crippen molar-refractivity contribution >= 4 is 38.4 Å². The molecule has 2 aromatic carbocycles. The first-order chi connectivity index (χ1) is 13.7. The van der Waals surface area contributed by atoms with E-state index in [0.717, 1.165) is 33.5 Å². The average molecular weight is 390 g/mol. The van der Waals surface area contributed by atoms with Crippen LogP contribution < -0.4 is 5.63 Å². The first-order valence-electron chi connectivity index (χ1n) is 9.37. The zero-order valence-electron chi connectivity index (χ0n) is 15.1. The first kappa shape index (κ1) is 17.1. The minimum atomic E-state index is -0.578. The van der Waals surface area contributed by atoms with E-state index in [1.165, 1.54) is 0 Å². The van der Waals surface area contributed by atoms with Crippen molar-refractivity contribution in [1.82, 2.24) is 9.88 Å². The van der Waals surface area contributed by atoms with Gasteiger partial charge in [-0.1, -0.05) is 30.3 Å². The molecule has 0 aliphatic carbocycles. The molecule has 6 heteroatoms. The molecule has 0 saturated carbocycles. The van der Waals surface area contributed by atoms with Crippen LogP contribution in [0.4, 0.5) is 0 Å². The third kappa shape index (κ3) is 2.99. The van der Waals surface area contributed by atoms with Crippen molar-refractivity contribution in [3.8, 4) is 0 Å². The number of thiazole rings is 1. The Morgan fingerprint density at radius 1 is 1.14 bits per heavy atom. The molecule has 4 aromatic rings. The molecule has 28 heavy (non-hydrogen) atoms. The first-order valence-corrected chi connectivity index (χ1v) is 10.2. The lowest BCUT2D eigenvalue weighted by Crippen LogP contribution is -2.40. The maximum atomic E-state index is 13.1. The fourth-order valence-corrected chi connectivity index (χ4v) is 4.90. The highest BCUT2D eigenvalue weighted by Crippen LogP contribution is 2.33. The highest BCUT2D eigenvalue weighted by molar-refractivity contribution is 7.18. The Morgan fingerprint density at radius 3 is 2.86 bits per heavy atom. The predicted octanol–water partition coefficient (Wildman–Crippen LogP) is 4.42. The van der Waals surface area contributed by atoms with E-state index in [0.29, 0.717) is 18.7 Å². The zero-order valence-corrected chi connectivity index (χ0v) is 15.9. The number of nitrogens with zero attached hydrogens (tertiary/aromatic N) is 2. The Labute approximate surface area is 165 Å². The highest BCUT2D eigenvalue weighted by atomic mass is 32.1. The maximum absolute atomic E-state index is 13.1. The van der Waals surface area contributed by atoms with Gasteiger partial charge in [0.1, 0.15) is 11.1 Å². The number of benzene rings is 2. The molecule has 0 bridgehead atoms. The summed E-state index contributed by atoms with van der Waals surface area (Å²) in [6, 6.07) is 17.0. The van der Waals surface area contributed by atoms with Gasteiger partial charge in [-0.2, -0.15) is 0 Å². The molecule has 1 fully saturated rings. The lowest BCUT2D eigenvalue weighted by molar-refractivity contribution is 0.0703. The molecule has 1 aliphatic rings. The smallest absolute Gasteiger partial charge is 0.349 e. The molecule has 0 N–H and O–H groups in total. The molecular weight excluding hydrogens is 372 g/mol. The van der Waals surface area contributed by atoms with E-state index in [4.69, 9.17) is 9.40 Å². The fraction of sp³-hybridized carbons (Fsp3) is 0.227. The number of para-hydroxylation sites is 2. The SMILES string of the molecule is O=C(c1cc2ccccc2oc1=O)N1CCC[C@H](c2nc3ccccc3s2)C1. The number of carbonyl (C=O) groups excluding carboxylic acids is 1. The van der Waals surface area contributed by atoms with Crippen molar-refractivity contribution in [2.24, 2.45) is 0 Å². The second kappa shape index (κ2) is 6.87. The molecule has 0 radical (unpaired) electrons. The van der Waals surface area contributed by atoms with Gasteiger partial charge in [-0.25, -0.2) is 9.78 Å². The minimum absolute atomic E-state index is 0.101. The number of carbonyl (C=O) groups is 1. The number of likely N-dealkylation sites (tertiary alicyclic amines) is 1. The van der Waals surface area contributed by atoms with Gasteiger partial charge in [0.2, 0.25) is 0 Å². The summed E-state index contributed by atoms with van der Waals surface area (Å²) < 4.78 is 6.51. The summed E-state index contributed by atoms with van der Waals surface area (Å²) in [5, 5.41) is 1.81. The molecule has 1 aliphatic heterocycles. The molecule has 1 amide bonds. The lowest BCUT2D eigenvalue weighted by Gasteiger charge is -2.31. The van der Waals surface area contributed by atoms with Crippen molar-refractivity contribution in [1.29, 1.82) is 0 Å². The van der Waals surface area contributed by atoms with E-state index < -0.39 is 5.63 Å². The summed E-state index contributed by atoms with van der Waals surface area (Å²) in [5.74, 6) is -0.0621. The molecule has 0 spiro atoms. The van der Waals surface area contributed by atoms with Gasteiger partial charge in [0, 0.05) is 24.4 Å². The van der Waals surface area contributed by atoms with Crippen molar-refractivity contribution in [2.45, 2.75) is 18.8 Å². The molecule has 140 valence electrons. The van der Waals surface area contributed by atoms with E-state index in [-0.39, 0.29) is 17.4 Å². The number of piperidine rings is 1. The molecule has 5 nitrogen and oxygen atoms in total. The van der Waals surface area contributed by atoms with Crippen molar-refractivity contribution in [3.05, 3.63) is 75.6 Å². The van der Waals surface area contributed by atoms with Gasteiger partial charge >= 0.3 is 5.63 Å². The van der Waals surface area contributed by atoms with Crippen LogP contribution >= 0.6 is 11.3 Å². The number of amides is 1. The minimum Gasteiger partial charge on any atom is -0.422 e. The van der Waals surface area contributed by atoms with Crippen LogP contribution in [0.2, 0.25) is 0 Å². The Hall–Kier alpha value is -2.99. The number of hydrogen-bond acceptors (Lipinski definition) is 5. The number of rotatable bonds is 2. The Balaban J connectivity index is 1.44. The topological polar surface area (TPSA) is 63.4 Å². The Bertz CT molecular complexity index is 1210. The highest BCUT2D eigenvalue weighted by Gasteiger charge is 2.29. The van der Waals surface area contributed by atoms with E-state index in [9.17, 15) is 9.59 Å². The number of aromatic nitrogens is 1. The van der Waals surface area contributed by atoms with Gasteiger partial charge in [-0.05, 0) is 37.1 Å². The van der Waals surface area contributed by atoms with Crippen molar-refractivity contribution < 1.29 is 9.21 Å². The largest absolute Gasteiger partial charge is 0.422 e. The van der Waals surface area contributed by atoms with Crippen LogP contribution in [0.25, 0.3) is 21.2 Å². The van der Waals surface area contributed by atoms with Crippen LogP contribution in [0.1, 0.15) is 34.1 Å². The summed E-state index contributed by atoms with van der Waals surface area (Å²) in [6.45, 7) is 1.22. The summed E-state index contributed by atoms with van der Waals surface area (Å²) >= 11 is 1.69. The Kier molecular flexibility index (Phi) is 4.20. The monoisotopic (exact) mass is 390 g/mol. The third-order valence-electron chi connectivity index (χ3n) is 5.24. The molecule has 3 heterocycles. The van der Waals surface area contributed by atoms with E-state index in [1.54, 1.807) is 34.4 Å². The zero-order chi connectivity index (χ0) is 19.1. The van der Waals surface area contributed by atoms with Gasteiger partial charge in [0.25, 0.3) is 5.91 Å². The van der Waals surface area contributed by atoms with E-state index in [1.807, 2.05) is 30.3 Å². The molecule has 2 aromatic heterocycles. The Morgan fingerprint density at radius 2 is 1.96 bits per heavy atom. The van der Waals surface area contributed by atoms with Crippen LogP contribution in [-0.2, 0) is 0 Å². The van der Waals surface area contributed by atoms with Gasteiger partial charge in [0.05, 0.1) is 15.2 Å². The number of fused-ring (bicyclic) bond motifs is 2. The van der Waals surface area contributed by atoms with E-state index >= 15 is 0 Å². The van der Waals surface area contributed by atoms with Gasteiger partial charge in [-0.15, -0.1) is 11.3 Å². The van der Waals surface area contributed by atoms with Gasteiger partial charge in [-0.3, -0.25) is 4.79 Å². The number of hydrogen-bond donors (Lipinski definition) is 0. The summed E-state index contributed by atoms with van der Waals surface area (Å²) in [5.41, 5.74) is 1.02. The predicted molar refractivity (Wildman–Crippen MR) is 110 cm³/mol. The van der Waals surface area contributed by atoms with E-state index in [2.05, 4.69) is 6.07 Å². The van der Waals surface area contributed by atoms with Crippen LogP contribution in [0.3, 0.4) is 0 Å². The van der Waals surface area contributed by atoms with Gasteiger partial charge in [0.15, 0.2) is 0 Å². The molecular formula is C22H18N2O3S. The van der Waals surface area contributed by atoms with Crippen molar-refractivity contribution in [2.75, 3.05) is 13.1 Å². The summed E-state index contributed by atoms with van der Waals surface area (Å²) in [7, 11) is 0. The quantitative estimate of drug-likeness (QED) is 0.475. The average Bonchev–Trinajstić information content (AvgIpc) is 3.17. The second-order valence-corrected chi connectivity index (χ2v) is 8.16. The summed E-state index contributed by atoms with van der Waals surface area (Å²) in [4.78, 5) is 32.0. The normalized spacial score (nSPS) is 17.3. The lowest BCUT2D eigenvalue weighted by atomic mass is 9.98. The third-order valence-corrected chi connectivity index (χ3v) is 6.44. The van der Waals surface area contributed by atoms with Crippen LogP contribution in [0, 0.1) is 0 Å². The van der Waals surface area contributed by atoms with Crippen LogP contribution in [0.5, 0.6) is 0 Å². The molecule has 1 atom stereocenters.